The van der Waals surface area contributed by atoms with Crippen LogP contribution in [0.15, 0.2) is 97.1 Å². The van der Waals surface area contributed by atoms with Crippen molar-refractivity contribution in [2.24, 2.45) is 5.92 Å². The van der Waals surface area contributed by atoms with Gasteiger partial charge < -0.3 is 20.1 Å². The maximum Gasteiger partial charge on any atom is 0.326 e. The molecule has 0 aromatic heterocycles. The van der Waals surface area contributed by atoms with Gasteiger partial charge in [0.1, 0.15) is 24.4 Å². The van der Waals surface area contributed by atoms with Gasteiger partial charge in [-0.05, 0) is 82.2 Å². The number of nitrogens with one attached hydrogen (secondary N) is 1. The van der Waals surface area contributed by atoms with Crippen LogP contribution in [0.2, 0.25) is 0 Å². The van der Waals surface area contributed by atoms with E-state index < -0.39 is 24.0 Å². The Labute approximate surface area is 289 Å². The van der Waals surface area contributed by atoms with Crippen LogP contribution in [0.1, 0.15) is 85.7 Å². The number of aliphatic carboxylic acids is 1. The number of amides is 2. The number of carbonyl (C=O) groups excluding carboxylic acids is 2. The van der Waals surface area contributed by atoms with Crippen molar-refractivity contribution in [2.75, 3.05) is 6.54 Å². The molecule has 2 N–H and O–H groups in total. The van der Waals surface area contributed by atoms with Crippen LogP contribution in [0.25, 0.3) is 11.1 Å². The minimum absolute atomic E-state index is 0.0577. The molecule has 254 valence electrons. The Hall–Kier alpha value is -4.91. The minimum Gasteiger partial charge on any atom is -0.489 e. The summed E-state index contributed by atoms with van der Waals surface area (Å²) in [7, 11) is 0. The quantitative estimate of drug-likeness (QED) is 0.162. The van der Waals surface area contributed by atoms with Gasteiger partial charge in [-0.1, -0.05) is 112 Å². The highest BCUT2D eigenvalue weighted by molar-refractivity contribution is 5.92. The van der Waals surface area contributed by atoms with Crippen LogP contribution in [0, 0.1) is 5.92 Å². The largest absolute Gasteiger partial charge is 0.489 e. The van der Waals surface area contributed by atoms with Gasteiger partial charge in [-0.25, -0.2) is 4.79 Å². The molecule has 0 spiro atoms. The molecule has 1 aliphatic heterocycles. The average Bonchev–Trinajstić information content (AvgIpc) is 3.63. The van der Waals surface area contributed by atoms with Crippen LogP contribution < -0.4 is 10.1 Å². The van der Waals surface area contributed by atoms with Crippen LogP contribution in [-0.2, 0) is 33.8 Å². The summed E-state index contributed by atoms with van der Waals surface area (Å²) in [5.74, 6) is -0.309. The Morgan fingerprint density at radius 3 is 2.20 bits per heavy atom. The number of rotatable bonds is 12. The molecular formula is C42H46N2O5. The summed E-state index contributed by atoms with van der Waals surface area (Å²) >= 11 is 0. The molecule has 4 aromatic carbocycles. The van der Waals surface area contributed by atoms with Crippen LogP contribution in [0.4, 0.5) is 0 Å². The smallest absolute Gasteiger partial charge is 0.326 e. The predicted octanol–water partition coefficient (Wildman–Crippen LogP) is 7.87. The third-order valence-electron chi connectivity index (χ3n) is 10.0. The van der Waals surface area contributed by atoms with E-state index in [4.69, 9.17) is 4.74 Å². The van der Waals surface area contributed by atoms with E-state index >= 15 is 0 Å². The van der Waals surface area contributed by atoms with Gasteiger partial charge in [-0.3, -0.25) is 9.59 Å². The Morgan fingerprint density at radius 1 is 0.857 bits per heavy atom. The standard InChI is InChI=1S/C42H46N2O5/c1-28(2)32-16-14-31(15-17-32)27-49-36-21-20-35-22-23-44(39(45)25-29-8-6-7-9-29)40(37(35)26-36)41(46)43-38(42(47)48)24-30-12-18-34(19-13-30)33-10-4-3-5-11-33/h3-5,10-21,26,28-29,38,40H,6-9,22-25,27H2,1-2H3,(H,43,46)(H,47,48)/t38-,40?/m0/s1. The summed E-state index contributed by atoms with van der Waals surface area (Å²) in [5, 5.41) is 13.0. The normalized spacial score (nSPS) is 16.6. The van der Waals surface area contributed by atoms with Gasteiger partial charge in [0.05, 0.1) is 0 Å². The molecule has 2 aliphatic rings. The van der Waals surface area contributed by atoms with E-state index in [1.807, 2.05) is 72.8 Å². The Morgan fingerprint density at radius 2 is 1.53 bits per heavy atom. The molecule has 49 heavy (non-hydrogen) atoms. The highest BCUT2D eigenvalue weighted by atomic mass is 16.5. The fraction of sp³-hybridized carbons (Fsp3) is 0.357. The Balaban J connectivity index is 1.22. The third kappa shape index (κ3) is 8.40. The SMILES string of the molecule is CC(C)c1ccc(COc2ccc3c(c2)C(C(=O)N[C@@H](Cc2ccc(-c4ccccc4)cc2)C(=O)O)N(C(=O)CC2CCCC2)CC3)cc1. The zero-order chi connectivity index (χ0) is 34.3. The third-order valence-corrected chi connectivity index (χ3v) is 10.0. The maximum atomic E-state index is 14.2. The number of hydrogen-bond acceptors (Lipinski definition) is 4. The van der Waals surface area contributed by atoms with Gasteiger partial charge in [-0.2, -0.15) is 0 Å². The zero-order valence-corrected chi connectivity index (χ0v) is 28.4. The van der Waals surface area contributed by atoms with Gasteiger partial charge in [0.2, 0.25) is 11.8 Å². The number of hydrogen-bond donors (Lipinski definition) is 2. The second-order valence-electron chi connectivity index (χ2n) is 13.8. The lowest BCUT2D eigenvalue weighted by molar-refractivity contribution is -0.145. The van der Waals surface area contributed by atoms with Gasteiger partial charge in [-0.15, -0.1) is 0 Å². The van der Waals surface area contributed by atoms with E-state index in [1.54, 1.807) is 4.90 Å². The predicted molar refractivity (Wildman–Crippen MR) is 191 cm³/mol. The monoisotopic (exact) mass is 658 g/mol. The van der Waals surface area contributed by atoms with E-state index in [9.17, 15) is 19.5 Å². The van der Waals surface area contributed by atoms with Crippen molar-refractivity contribution in [3.8, 4) is 16.9 Å². The number of ether oxygens (including phenoxy) is 1. The second kappa shape index (κ2) is 15.5. The zero-order valence-electron chi connectivity index (χ0n) is 28.4. The van der Waals surface area contributed by atoms with Crippen LogP contribution >= 0.6 is 0 Å². The lowest BCUT2D eigenvalue weighted by Gasteiger charge is -2.37. The summed E-state index contributed by atoms with van der Waals surface area (Å²) in [4.78, 5) is 42.2. The number of fused-ring (bicyclic) bond motifs is 1. The van der Waals surface area contributed by atoms with Crippen molar-refractivity contribution in [2.45, 2.75) is 83.4 Å². The van der Waals surface area contributed by atoms with Crippen LogP contribution in [-0.4, -0.2) is 40.4 Å². The summed E-state index contributed by atoms with van der Waals surface area (Å²) in [6.07, 6.45) is 5.42. The lowest BCUT2D eigenvalue weighted by Crippen LogP contribution is -2.51. The number of nitrogens with zero attached hydrogens (tertiary/aromatic N) is 1. The summed E-state index contributed by atoms with van der Waals surface area (Å²) < 4.78 is 6.20. The second-order valence-corrected chi connectivity index (χ2v) is 13.8. The molecule has 1 heterocycles. The number of benzene rings is 4. The van der Waals surface area contributed by atoms with Gasteiger partial charge >= 0.3 is 5.97 Å². The molecule has 7 nitrogen and oxygen atoms in total. The van der Waals surface area contributed by atoms with E-state index in [2.05, 4.69) is 43.4 Å². The van der Waals surface area contributed by atoms with Crippen molar-refractivity contribution >= 4 is 17.8 Å². The first kappa shape index (κ1) is 34.0. The molecule has 1 saturated carbocycles. The highest BCUT2D eigenvalue weighted by Gasteiger charge is 2.38. The van der Waals surface area contributed by atoms with Crippen molar-refractivity contribution in [1.29, 1.82) is 0 Å². The highest BCUT2D eigenvalue weighted by Crippen LogP contribution is 2.36. The molecule has 0 saturated heterocycles. The summed E-state index contributed by atoms with van der Waals surface area (Å²) in [6.45, 7) is 5.09. The maximum absolute atomic E-state index is 14.2. The van der Waals surface area contributed by atoms with Gasteiger partial charge in [0, 0.05) is 19.4 Å². The number of carboxylic acids is 1. The molecular weight excluding hydrogens is 612 g/mol. The molecule has 0 radical (unpaired) electrons. The first-order valence-corrected chi connectivity index (χ1v) is 17.6. The summed E-state index contributed by atoms with van der Waals surface area (Å²) in [5.41, 5.74) is 6.84. The average molecular weight is 659 g/mol. The fourth-order valence-electron chi connectivity index (χ4n) is 7.13. The Bertz CT molecular complexity index is 1740. The van der Waals surface area contributed by atoms with Gasteiger partial charge in [0.25, 0.3) is 0 Å². The first-order chi connectivity index (χ1) is 23.7. The molecule has 4 aromatic rings. The van der Waals surface area contributed by atoms with E-state index in [-0.39, 0.29) is 12.3 Å². The van der Waals surface area contributed by atoms with E-state index in [0.29, 0.717) is 49.1 Å². The molecule has 2 amide bonds. The van der Waals surface area contributed by atoms with Crippen LogP contribution in [0.5, 0.6) is 5.75 Å². The number of carbonyl (C=O) groups is 3. The topological polar surface area (TPSA) is 95.9 Å². The van der Waals surface area contributed by atoms with Crippen LogP contribution in [0.3, 0.4) is 0 Å². The van der Waals surface area contributed by atoms with E-state index in [1.165, 1.54) is 5.56 Å². The van der Waals surface area contributed by atoms with Gasteiger partial charge in [0.15, 0.2) is 0 Å². The minimum atomic E-state index is -1.17. The molecule has 7 heteroatoms. The summed E-state index contributed by atoms with van der Waals surface area (Å²) in [6, 6.07) is 29.7. The van der Waals surface area contributed by atoms with Crippen molar-refractivity contribution in [3.05, 3.63) is 125 Å². The number of carboxylic acid groups (broad SMARTS) is 1. The van der Waals surface area contributed by atoms with E-state index in [0.717, 1.165) is 53.5 Å². The van der Waals surface area contributed by atoms with Crippen molar-refractivity contribution in [3.63, 3.8) is 0 Å². The molecule has 1 unspecified atom stereocenters. The molecule has 6 rings (SSSR count). The first-order valence-electron chi connectivity index (χ1n) is 17.6. The molecule has 2 atom stereocenters. The van der Waals surface area contributed by atoms with Crippen molar-refractivity contribution in [1.82, 2.24) is 10.2 Å². The van der Waals surface area contributed by atoms with Crippen molar-refractivity contribution < 1.29 is 24.2 Å². The Kier molecular flexibility index (Phi) is 10.8. The molecule has 1 aliphatic carbocycles. The lowest BCUT2D eigenvalue weighted by atomic mass is 9.90. The molecule has 1 fully saturated rings. The fourth-order valence-corrected chi connectivity index (χ4v) is 7.13. The molecule has 0 bridgehead atoms.